The fourth-order valence-electron chi connectivity index (χ4n) is 3.00. The molecule has 1 atom stereocenters. The van der Waals surface area contributed by atoms with Crippen LogP contribution in [0, 0.1) is 0 Å². The molecule has 0 saturated carbocycles. The average molecular weight is 381 g/mol. The number of rotatable bonds is 2. The zero-order valence-corrected chi connectivity index (χ0v) is 14.8. The molecule has 4 rings (SSSR count). The van der Waals surface area contributed by atoms with Crippen LogP contribution < -0.4 is 10.6 Å². The lowest BCUT2D eigenvalue weighted by molar-refractivity contribution is 0.592. The van der Waals surface area contributed by atoms with E-state index in [1.165, 1.54) is 0 Å². The molecule has 0 aromatic heterocycles. The average Bonchev–Trinajstić information content (AvgIpc) is 2.88. The van der Waals surface area contributed by atoms with E-state index in [4.69, 9.17) is 0 Å². The highest BCUT2D eigenvalue weighted by Gasteiger charge is 2.33. The van der Waals surface area contributed by atoms with E-state index in [1.54, 1.807) is 0 Å². The maximum absolute atomic E-state index is 13.7. The van der Waals surface area contributed by atoms with Crippen LogP contribution in [0.3, 0.4) is 0 Å². The highest BCUT2D eigenvalue weighted by Crippen LogP contribution is 2.54. The zero-order valence-electron chi connectivity index (χ0n) is 12.3. The van der Waals surface area contributed by atoms with Crippen LogP contribution in [-0.4, -0.2) is 0 Å². The fourth-order valence-corrected chi connectivity index (χ4v) is 6.89. The molecule has 3 aromatic rings. The minimum atomic E-state index is -2.72. The summed E-state index contributed by atoms with van der Waals surface area (Å²) in [6.07, 6.45) is 0. The normalized spacial score (nSPS) is 19.3. The van der Waals surface area contributed by atoms with Gasteiger partial charge in [-0.2, -0.15) is 0 Å². The molecule has 112 valence electrons. The van der Waals surface area contributed by atoms with E-state index >= 15 is 0 Å². The topological polar surface area (TPSA) is 17.1 Å². The Morgan fingerprint density at radius 2 is 1.43 bits per heavy atom. The summed E-state index contributed by atoms with van der Waals surface area (Å²) >= 11 is 3.56. The Morgan fingerprint density at radius 3 is 2.26 bits per heavy atom. The zero-order chi connectivity index (χ0) is 15.9. The third kappa shape index (κ3) is 2.43. The second kappa shape index (κ2) is 5.63. The third-order valence-corrected chi connectivity index (χ3v) is 7.93. The van der Waals surface area contributed by atoms with Crippen molar-refractivity contribution in [2.45, 2.75) is 0 Å². The number of hydrogen-bond acceptors (Lipinski definition) is 1. The van der Waals surface area contributed by atoms with Gasteiger partial charge in [-0.05, 0) is 38.9 Å². The van der Waals surface area contributed by atoms with Crippen molar-refractivity contribution in [3.05, 3.63) is 90.2 Å². The van der Waals surface area contributed by atoms with Crippen LogP contribution in [0.1, 0.15) is 5.56 Å². The SMILES string of the molecule is O=P1(c2cccc(-c3ccccc3)c2)C=C(Br)c2ccccc21. The van der Waals surface area contributed by atoms with Crippen molar-refractivity contribution in [1.29, 1.82) is 0 Å². The van der Waals surface area contributed by atoms with E-state index in [9.17, 15) is 4.57 Å². The van der Waals surface area contributed by atoms with Crippen LogP contribution in [0.2, 0.25) is 0 Å². The summed E-state index contributed by atoms with van der Waals surface area (Å²) in [7, 11) is -2.72. The van der Waals surface area contributed by atoms with Crippen molar-refractivity contribution >= 4 is 38.2 Å². The molecule has 3 heteroatoms. The highest BCUT2D eigenvalue weighted by atomic mass is 79.9. The molecule has 1 aliphatic rings. The predicted octanol–water partition coefficient (Wildman–Crippen LogP) is 5.37. The molecular weight excluding hydrogens is 367 g/mol. The molecule has 0 radical (unpaired) electrons. The molecule has 0 spiro atoms. The van der Waals surface area contributed by atoms with Gasteiger partial charge < -0.3 is 4.57 Å². The summed E-state index contributed by atoms with van der Waals surface area (Å²) in [5.41, 5.74) is 3.25. The van der Waals surface area contributed by atoms with E-state index in [2.05, 4.69) is 40.2 Å². The van der Waals surface area contributed by atoms with E-state index in [0.29, 0.717) is 0 Å². The molecule has 0 fully saturated rings. The van der Waals surface area contributed by atoms with Crippen molar-refractivity contribution in [3.8, 4) is 11.1 Å². The van der Waals surface area contributed by atoms with Gasteiger partial charge in [0.2, 0.25) is 0 Å². The summed E-state index contributed by atoms with van der Waals surface area (Å²) in [6, 6.07) is 26.2. The monoisotopic (exact) mass is 380 g/mol. The quantitative estimate of drug-likeness (QED) is 0.545. The molecule has 0 bridgehead atoms. The Bertz CT molecular complexity index is 960. The van der Waals surface area contributed by atoms with Crippen molar-refractivity contribution in [2.75, 3.05) is 0 Å². The van der Waals surface area contributed by atoms with Crippen molar-refractivity contribution in [3.63, 3.8) is 0 Å². The molecule has 23 heavy (non-hydrogen) atoms. The largest absolute Gasteiger partial charge is 0.309 e. The van der Waals surface area contributed by atoms with Crippen LogP contribution in [-0.2, 0) is 4.57 Å². The van der Waals surface area contributed by atoms with Gasteiger partial charge in [-0.1, -0.05) is 72.8 Å². The van der Waals surface area contributed by atoms with Crippen molar-refractivity contribution < 1.29 is 4.57 Å². The molecule has 3 aromatic carbocycles. The molecule has 0 aliphatic carbocycles. The van der Waals surface area contributed by atoms with E-state index < -0.39 is 7.14 Å². The first-order chi connectivity index (χ1) is 11.2. The Kier molecular flexibility index (Phi) is 3.60. The molecule has 0 N–H and O–H groups in total. The van der Waals surface area contributed by atoms with Gasteiger partial charge >= 0.3 is 0 Å². The fraction of sp³-hybridized carbons (Fsp3) is 0. The summed E-state index contributed by atoms with van der Waals surface area (Å²) < 4.78 is 14.6. The third-order valence-electron chi connectivity index (χ3n) is 4.15. The summed E-state index contributed by atoms with van der Waals surface area (Å²) in [4.78, 5) is 0. The van der Waals surface area contributed by atoms with Gasteiger partial charge in [0, 0.05) is 20.7 Å². The van der Waals surface area contributed by atoms with Gasteiger partial charge in [0.15, 0.2) is 7.14 Å². The van der Waals surface area contributed by atoms with Crippen molar-refractivity contribution in [2.24, 2.45) is 0 Å². The van der Waals surface area contributed by atoms with Gasteiger partial charge in [0.05, 0.1) is 0 Å². The van der Waals surface area contributed by atoms with Crippen LogP contribution in [0.4, 0.5) is 0 Å². The number of fused-ring (bicyclic) bond motifs is 1. The molecule has 1 aliphatic heterocycles. The Morgan fingerprint density at radius 1 is 0.739 bits per heavy atom. The lowest BCUT2D eigenvalue weighted by atomic mass is 10.1. The highest BCUT2D eigenvalue weighted by molar-refractivity contribution is 9.15. The van der Waals surface area contributed by atoms with Crippen molar-refractivity contribution in [1.82, 2.24) is 0 Å². The first kappa shape index (κ1) is 14.7. The van der Waals surface area contributed by atoms with Gasteiger partial charge in [-0.25, -0.2) is 0 Å². The summed E-state index contributed by atoms with van der Waals surface area (Å²) in [5, 5.41) is 1.79. The molecule has 1 nitrogen and oxygen atoms in total. The second-order valence-electron chi connectivity index (χ2n) is 5.57. The maximum Gasteiger partial charge on any atom is 0.165 e. The van der Waals surface area contributed by atoms with Crippen LogP contribution in [0.15, 0.2) is 84.7 Å². The number of hydrogen-bond donors (Lipinski definition) is 0. The Hall–Kier alpha value is -1.89. The number of halogens is 1. The van der Waals surface area contributed by atoms with Crippen LogP contribution in [0.25, 0.3) is 15.6 Å². The lowest BCUT2D eigenvalue weighted by Crippen LogP contribution is -2.13. The van der Waals surface area contributed by atoms with Gasteiger partial charge in [0.1, 0.15) is 0 Å². The Labute approximate surface area is 144 Å². The minimum absolute atomic E-state index is 0.876. The first-order valence-electron chi connectivity index (χ1n) is 7.43. The Balaban J connectivity index is 1.88. The van der Waals surface area contributed by atoms with Gasteiger partial charge in [-0.3, -0.25) is 0 Å². The first-order valence-corrected chi connectivity index (χ1v) is 9.99. The van der Waals surface area contributed by atoms with Gasteiger partial charge in [-0.15, -0.1) is 0 Å². The minimum Gasteiger partial charge on any atom is -0.309 e. The second-order valence-corrected chi connectivity index (χ2v) is 9.00. The maximum atomic E-state index is 13.7. The molecule has 0 saturated heterocycles. The van der Waals surface area contributed by atoms with E-state index in [-0.39, 0.29) is 0 Å². The smallest absolute Gasteiger partial charge is 0.165 e. The molecule has 1 unspecified atom stereocenters. The summed E-state index contributed by atoms with van der Waals surface area (Å²) in [5.74, 6) is 1.88. The van der Waals surface area contributed by atoms with Gasteiger partial charge in [0.25, 0.3) is 0 Å². The molecule has 0 amide bonds. The predicted molar refractivity (Wildman–Crippen MR) is 102 cm³/mol. The molecule has 1 heterocycles. The van der Waals surface area contributed by atoms with E-state index in [1.807, 2.05) is 60.4 Å². The molecular formula is C20H14BrOP. The standard InChI is InChI=1S/C20H14BrOP/c21-19-14-23(22,20-12-5-4-11-18(19)20)17-10-6-9-16(13-17)15-7-2-1-3-8-15/h1-14H. The van der Waals surface area contributed by atoms with E-state index in [0.717, 1.165) is 31.8 Å². The van der Waals surface area contributed by atoms with Crippen LogP contribution >= 0.6 is 23.1 Å². The number of benzene rings is 3. The lowest BCUT2D eigenvalue weighted by Gasteiger charge is -2.14. The van der Waals surface area contributed by atoms with Crippen LogP contribution in [0.5, 0.6) is 0 Å². The summed E-state index contributed by atoms with van der Waals surface area (Å²) in [6.45, 7) is 0.